The van der Waals surface area contributed by atoms with Crippen molar-refractivity contribution in [2.24, 2.45) is 0 Å². The number of hydrogen-bond acceptors (Lipinski definition) is 5. The van der Waals surface area contributed by atoms with Crippen LogP contribution in [0.2, 0.25) is 0 Å². The zero-order valence-electron chi connectivity index (χ0n) is 15.8. The fraction of sp³-hybridized carbons (Fsp3) is 0.238. The molecule has 2 N–H and O–H groups in total. The summed E-state index contributed by atoms with van der Waals surface area (Å²) in [6, 6.07) is 9.42. The Balaban J connectivity index is 1.98. The molecule has 3 aromatic rings. The van der Waals surface area contributed by atoms with E-state index in [2.05, 4.69) is 9.97 Å². The second kappa shape index (κ2) is 6.95. The Hall–Kier alpha value is -3.29. The van der Waals surface area contributed by atoms with E-state index in [1.807, 2.05) is 18.2 Å². The van der Waals surface area contributed by atoms with Gasteiger partial charge < -0.3 is 15.2 Å². The van der Waals surface area contributed by atoms with E-state index in [0.29, 0.717) is 29.8 Å². The number of nitrogen functional groups attached to an aromatic ring is 1. The molecular weight excluding hydrogens is 383 g/mol. The second-order valence-corrected chi connectivity index (χ2v) is 6.69. The van der Waals surface area contributed by atoms with Gasteiger partial charge in [0.2, 0.25) is 5.95 Å². The molecule has 29 heavy (non-hydrogen) atoms. The van der Waals surface area contributed by atoms with Crippen molar-refractivity contribution in [2.45, 2.75) is 19.0 Å². The van der Waals surface area contributed by atoms with Crippen molar-refractivity contribution in [3.05, 3.63) is 53.1 Å². The van der Waals surface area contributed by atoms with Gasteiger partial charge in [-0.2, -0.15) is 13.2 Å². The number of alkyl halides is 3. The lowest BCUT2D eigenvalue weighted by Gasteiger charge is -2.23. The maximum Gasteiger partial charge on any atom is 0.417 e. The predicted octanol–water partition coefficient (Wildman–Crippen LogP) is 4.53. The van der Waals surface area contributed by atoms with E-state index in [9.17, 15) is 13.2 Å². The first-order valence-corrected chi connectivity index (χ1v) is 8.91. The third-order valence-electron chi connectivity index (χ3n) is 5.03. The number of benzene rings is 2. The molecule has 0 saturated heterocycles. The smallest absolute Gasteiger partial charge is 0.417 e. The average Bonchev–Trinajstić information content (AvgIpc) is 2.71. The fourth-order valence-electron chi connectivity index (χ4n) is 3.66. The van der Waals surface area contributed by atoms with Gasteiger partial charge in [-0.3, -0.25) is 0 Å². The highest BCUT2D eigenvalue weighted by atomic mass is 19.4. The summed E-state index contributed by atoms with van der Waals surface area (Å²) in [7, 11) is 2.88. The van der Waals surface area contributed by atoms with Crippen molar-refractivity contribution in [2.75, 3.05) is 20.0 Å². The molecule has 0 bridgehead atoms. The van der Waals surface area contributed by atoms with Gasteiger partial charge in [-0.25, -0.2) is 9.97 Å². The van der Waals surface area contributed by atoms with Crippen LogP contribution in [-0.4, -0.2) is 24.2 Å². The molecule has 1 aromatic heterocycles. The standard InChI is InChI=1S/C21H18F3N3O2/c1-28-12-5-3-11-4-7-15-18(26-20(25)27-19(15)16(11)9-12)14-8-6-13(29-2)10-17(14)21(22,23)24/h3,5-6,8-10H,4,7H2,1-2H3,(H2,25,26,27). The molecule has 0 spiro atoms. The van der Waals surface area contributed by atoms with Gasteiger partial charge in [0.25, 0.3) is 0 Å². The van der Waals surface area contributed by atoms with Crippen molar-refractivity contribution < 1.29 is 22.6 Å². The molecule has 0 aliphatic heterocycles. The molecule has 1 heterocycles. The Bertz CT molecular complexity index is 1100. The Morgan fingerprint density at radius 3 is 2.14 bits per heavy atom. The number of nitrogens with two attached hydrogens (primary N) is 1. The second-order valence-electron chi connectivity index (χ2n) is 6.69. The number of hydrogen-bond donors (Lipinski definition) is 1. The summed E-state index contributed by atoms with van der Waals surface area (Å²) in [4.78, 5) is 8.54. The van der Waals surface area contributed by atoms with Gasteiger partial charge in [0.1, 0.15) is 11.5 Å². The zero-order chi connectivity index (χ0) is 20.8. The number of nitrogens with zero attached hydrogens (tertiary/aromatic N) is 2. The molecule has 1 aliphatic rings. The van der Waals surface area contributed by atoms with E-state index < -0.39 is 11.7 Å². The molecule has 0 amide bonds. The monoisotopic (exact) mass is 401 g/mol. The summed E-state index contributed by atoms with van der Waals surface area (Å²) in [5.41, 5.74) is 8.23. The van der Waals surface area contributed by atoms with E-state index in [1.165, 1.54) is 19.2 Å². The van der Waals surface area contributed by atoms with Crippen LogP contribution in [0.15, 0.2) is 36.4 Å². The Morgan fingerprint density at radius 1 is 0.862 bits per heavy atom. The topological polar surface area (TPSA) is 70.3 Å². The van der Waals surface area contributed by atoms with Gasteiger partial charge in [0, 0.05) is 16.7 Å². The fourth-order valence-corrected chi connectivity index (χ4v) is 3.66. The largest absolute Gasteiger partial charge is 0.497 e. The number of aromatic nitrogens is 2. The van der Waals surface area contributed by atoms with Crippen molar-refractivity contribution in [3.63, 3.8) is 0 Å². The number of halogens is 3. The van der Waals surface area contributed by atoms with E-state index in [4.69, 9.17) is 15.2 Å². The van der Waals surface area contributed by atoms with E-state index in [0.717, 1.165) is 17.2 Å². The summed E-state index contributed by atoms with van der Waals surface area (Å²) in [5.74, 6) is 0.668. The third kappa shape index (κ3) is 3.35. The molecule has 0 atom stereocenters. The van der Waals surface area contributed by atoms with Crippen LogP contribution in [0.25, 0.3) is 22.5 Å². The van der Waals surface area contributed by atoms with Crippen molar-refractivity contribution >= 4 is 5.95 Å². The predicted molar refractivity (Wildman–Crippen MR) is 103 cm³/mol. The number of rotatable bonds is 3. The first-order valence-electron chi connectivity index (χ1n) is 8.91. The third-order valence-corrected chi connectivity index (χ3v) is 5.03. The number of aryl methyl sites for hydroxylation is 1. The minimum Gasteiger partial charge on any atom is -0.497 e. The average molecular weight is 401 g/mol. The Morgan fingerprint density at radius 2 is 1.48 bits per heavy atom. The molecule has 150 valence electrons. The van der Waals surface area contributed by atoms with Crippen LogP contribution < -0.4 is 15.2 Å². The quantitative estimate of drug-likeness (QED) is 0.698. The maximum absolute atomic E-state index is 13.8. The summed E-state index contributed by atoms with van der Waals surface area (Å²) in [6.45, 7) is 0. The van der Waals surface area contributed by atoms with Gasteiger partial charge in [-0.1, -0.05) is 6.07 Å². The van der Waals surface area contributed by atoms with Gasteiger partial charge in [-0.15, -0.1) is 0 Å². The SMILES string of the molecule is COc1ccc2c(c1)-c1nc(N)nc(-c3ccc(OC)cc3C(F)(F)F)c1CC2. The molecule has 0 saturated carbocycles. The minimum absolute atomic E-state index is 0.0463. The minimum atomic E-state index is -4.58. The molecular formula is C21H18F3N3O2. The first-order chi connectivity index (χ1) is 13.8. The first kappa shape index (κ1) is 19.0. The van der Waals surface area contributed by atoms with Gasteiger partial charge >= 0.3 is 6.18 Å². The number of methoxy groups -OCH3 is 2. The molecule has 5 nitrogen and oxygen atoms in total. The highest BCUT2D eigenvalue weighted by molar-refractivity contribution is 5.80. The van der Waals surface area contributed by atoms with Crippen LogP contribution in [0, 0.1) is 0 Å². The van der Waals surface area contributed by atoms with Gasteiger partial charge in [-0.05, 0) is 48.7 Å². The highest BCUT2D eigenvalue weighted by Crippen LogP contribution is 2.43. The number of anilines is 1. The molecule has 1 aliphatic carbocycles. The van der Waals surface area contributed by atoms with Crippen molar-refractivity contribution in [1.82, 2.24) is 9.97 Å². The lowest BCUT2D eigenvalue weighted by atomic mass is 9.86. The maximum atomic E-state index is 13.8. The molecule has 4 rings (SSSR count). The Labute approximate surface area is 165 Å². The van der Waals surface area contributed by atoms with Crippen LogP contribution in [0.5, 0.6) is 11.5 Å². The van der Waals surface area contributed by atoms with Crippen LogP contribution >= 0.6 is 0 Å². The summed E-state index contributed by atoms with van der Waals surface area (Å²) < 4.78 is 51.6. The van der Waals surface area contributed by atoms with E-state index in [1.54, 1.807) is 7.11 Å². The summed E-state index contributed by atoms with van der Waals surface area (Å²) >= 11 is 0. The number of ether oxygens (including phenoxy) is 2. The summed E-state index contributed by atoms with van der Waals surface area (Å²) in [5, 5.41) is 0. The molecule has 2 aromatic carbocycles. The van der Waals surface area contributed by atoms with Crippen LogP contribution in [0.1, 0.15) is 16.7 Å². The van der Waals surface area contributed by atoms with Crippen LogP contribution in [-0.2, 0) is 19.0 Å². The number of fused-ring (bicyclic) bond motifs is 3. The molecule has 0 fully saturated rings. The molecule has 8 heteroatoms. The van der Waals surface area contributed by atoms with Crippen LogP contribution in [0.3, 0.4) is 0 Å². The van der Waals surface area contributed by atoms with Gasteiger partial charge in [0.05, 0.1) is 31.2 Å². The Kier molecular flexibility index (Phi) is 4.56. The lowest BCUT2D eigenvalue weighted by Crippen LogP contribution is -2.14. The lowest BCUT2D eigenvalue weighted by molar-refractivity contribution is -0.137. The van der Waals surface area contributed by atoms with E-state index in [-0.39, 0.29) is 23.0 Å². The zero-order valence-corrected chi connectivity index (χ0v) is 15.8. The van der Waals surface area contributed by atoms with Crippen molar-refractivity contribution in [1.29, 1.82) is 0 Å². The normalized spacial score (nSPS) is 12.9. The summed E-state index contributed by atoms with van der Waals surface area (Å²) in [6.07, 6.45) is -3.41. The van der Waals surface area contributed by atoms with Crippen molar-refractivity contribution in [3.8, 4) is 34.0 Å². The highest BCUT2D eigenvalue weighted by Gasteiger charge is 2.36. The van der Waals surface area contributed by atoms with Gasteiger partial charge in [0.15, 0.2) is 0 Å². The van der Waals surface area contributed by atoms with E-state index >= 15 is 0 Å². The molecule has 0 unspecified atom stereocenters. The molecule has 0 radical (unpaired) electrons. The van der Waals surface area contributed by atoms with Crippen LogP contribution in [0.4, 0.5) is 19.1 Å².